The fraction of sp³-hybridized carbons (Fsp3) is 0.821. The first-order chi connectivity index (χ1) is 17.6. The zero-order chi connectivity index (χ0) is 28.7. The molecule has 0 aromatic rings. The molecule has 0 unspecified atom stereocenters. The average molecular weight is 542 g/mol. The zero-order valence-corrected chi connectivity index (χ0v) is 24.4. The molecule has 2 rings (SSSR count). The summed E-state index contributed by atoms with van der Waals surface area (Å²) in [6, 6.07) is -1.43. The van der Waals surface area contributed by atoms with E-state index in [-0.39, 0.29) is 25.9 Å². The predicted molar refractivity (Wildman–Crippen MR) is 141 cm³/mol. The zero-order valence-electron chi connectivity index (χ0n) is 24.4. The van der Waals surface area contributed by atoms with Crippen molar-refractivity contribution in [2.75, 3.05) is 19.8 Å². The molecule has 2 amide bonds. The lowest BCUT2D eigenvalue weighted by Crippen LogP contribution is -2.54. The SMILES string of the molecule is C=C(C)CO[C@H]1COC[C@H](N(C(=O)OC(C)(C)C)C(=O)OC(C)(C)C)C(=O)O[C@@H](C)[C@@H]1OC1CCCCC1. The second-order valence-electron chi connectivity index (χ2n) is 12.2. The minimum absolute atomic E-state index is 0.0161. The minimum Gasteiger partial charge on any atom is -0.458 e. The first-order valence-electron chi connectivity index (χ1n) is 13.5. The van der Waals surface area contributed by atoms with Gasteiger partial charge in [-0.3, -0.25) is 0 Å². The van der Waals surface area contributed by atoms with Gasteiger partial charge in [0.25, 0.3) is 0 Å². The molecule has 0 aromatic heterocycles. The molecule has 10 nitrogen and oxygen atoms in total. The van der Waals surface area contributed by atoms with Crippen molar-refractivity contribution >= 4 is 18.2 Å². The van der Waals surface area contributed by atoms with Crippen molar-refractivity contribution in [3.63, 3.8) is 0 Å². The maximum Gasteiger partial charge on any atom is 0.420 e. The summed E-state index contributed by atoms with van der Waals surface area (Å²) >= 11 is 0. The number of carbonyl (C=O) groups excluding carboxylic acids is 3. The van der Waals surface area contributed by atoms with E-state index >= 15 is 0 Å². The van der Waals surface area contributed by atoms with Gasteiger partial charge in [0.15, 0.2) is 6.04 Å². The van der Waals surface area contributed by atoms with Crippen molar-refractivity contribution in [3.8, 4) is 0 Å². The Hall–Kier alpha value is -2.17. The fourth-order valence-electron chi connectivity index (χ4n) is 4.23. The Kier molecular flexibility index (Phi) is 11.6. The molecule has 1 aliphatic heterocycles. The molecule has 0 bridgehead atoms. The van der Waals surface area contributed by atoms with E-state index in [1.165, 1.54) is 6.42 Å². The minimum atomic E-state index is -1.43. The summed E-state index contributed by atoms with van der Waals surface area (Å²) in [5.41, 5.74) is -1.02. The number of ether oxygens (including phenoxy) is 6. The second-order valence-corrected chi connectivity index (χ2v) is 12.2. The van der Waals surface area contributed by atoms with Crippen LogP contribution in [0.5, 0.6) is 0 Å². The summed E-state index contributed by atoms with van der Waals surface area (Å²) in [5.74, 6) is -0.827. The first kappa shape index (κ1) is 32.0. The third-order valence-electron chi connectivity index (χ3n) is 5.90. The number of rotatable bonds is 6. The summed E-state index contributed by atoms with van der Waals surface area (Å²) in [4.78, 5) is 40.4. The monoisotopic (exact) mass is 541 g/mol. The molecule has 0 N–H and O–H groups in total. The Morgan fingerprint density at radius 3 is 2.03 bits per heavy atom. The van der Waals surface area contributed by atoms with Gasteiger partial charge in [-0.05, 0) is 68.2 Å². The summed E-state index contributed by atoms with van der Waals surface area (Å²) in [7, 11) is 0. The molecule has 1 saturated heterocycles. The molecule has 218 valence electrons. The van der Waals surface area contributed by atoms with Gasteiger partial charge in [0.05, 0.1) is 25.9 Å². The lowest BCUT2D eigenvalue weighted by atomic mass is 9.97. The van der Waals surface area contributed by atoms with Crippen LogP contribution in [-0.4, -0.2) is 84.5 Å². The van der Waals surface area contributed by atoms with Crippen LogP contribution in [0, 0.1) is 0 Å². The highest BCUT2D eigenvalue weighted by Crippen LogP contribution is 2.27. The number of hydrogen-bond acceptors (Lipinski definition) is 9. The van der Waals surface area contributed by atoms with E-state index < -0.39 is 53.7 Å². The molecule has 0 aromatic carbocycles. The van der Waals surface area contributed by atoms with Crippen molar-refractivity contribution < 1.29 is 42.8 Å². The standard InChI is InChI=1S/C28H47NO9/c1-18(2)15-34-22-17-33-16-21(24(30)35-19(3)23(22)36-20-13-11-10-12-14-20)29(25(31)37-27(4,5)6)26(32)38-28(7,8)9/h19-23H,1,10-17H2,2-9H3/t19-,21-,22-,23-/m0/s1. The van der Waals surface area contributed by atoms with Crippen LogP contribution < -0.4 is 0 Å². The number of hydrogen-bond donors (Lipinski definition) is 0. The number of nitrogens with zero attached hydrogens (tertiary/aromatic N) is 1. The highest BCUT2D eigenvalue weighted by Gasteiger charge is 2.44. The van der Waals surface area contributed by atoms with E-state index in [1.807, 2.05) is 6.92 Å². The van der Waals surface area contributed by atoms with Crippen LogP contribution >= 0.6 is 0 Å². The lowest BCUT2D eigenvalue weighted by Gasteiger charge is -2.35. The first-order valence-corrected chi connectivity index (χ1v) is 13.5. The summed E-state index contributed by atoms with van der Waals surface area (Å²) < 4.78 is 35.1. The smallest absolute Gasteiger partial charge is 0.420 e. The molecule has 2 fully saturated rings. The van der Waals surface area contributed by atoms with Gasteiger partial charge in [0.2, 0.25) is 0 Å². The molecular formula is C28H47NO9. The van der Waals surface area contributed by atoms with Crippen LogP contribution in [0.3, 0.4) is 0 Å². The predicted octanol–water partition coefficient (Wildman–Crippen LogP) is 5.17. The topological polar surface area (TPSA) is 110 Å². The third kappa shape index (κ3) is 10.5. The Bertz CT molecular complexity index is 795. The maximum atomic E-state index is 13.5. The van der Waals surface area contributed by atoms with Gasteiger partial charge in [-0.25, -0.2) is 14.4 Å². The van der Waals surface area contributed by atoms with Crippen LogP contribution in [0.1, 0.15) is 87.5 Å². The van der Waals surface area contributed by atoms with Crippen molar-refractivity contribution in [3.05, 3.63) is 12.2 Å². The van der Waals surface area contributed by atoms with Gasteiger partial charge in [-0.1, -0.05) is 31.4 Å². The summed E-state index contributed by atoms with van der Waals surface area (Å²) in [5, 5.41) is 0. The van der Waals surface area contributed by atoms with Gasteiger partial charge in [-0.2, -0.15) is 4.90 Å². The van der Waals surface area contributed by atoms with Crippen molar-refractivity contribution in [2.24, 2.45) is 0 Å². The average Bonchev–Trinajstić information content (AvgIpc) is 2.81. The number of carbonyl (C=O) groups is 3. The molecule has 10 heteroatoms. The van der Waals surface area contributed by atoms with E-state index in [1.54, 1.807) is 48.5 Å². The van der Waals surface area contributed by atoms with Crippen LogP contribution in [0.15, 0.2) is 12.2 Å². The van der Waals surface area contributed by atoms with Crippen molar-refractivity contribution in [1.29, 1.82) is 0 Å². The molecule has 0 spiro atoms. The van der Waals surface area contributed by atoms with Crippen LogP contribution in [-0.2, 0) is 33.2 Å². The van der Waals surface area contributed by atoms with Gasteiger partial charge in [0, 0.05) is 0 Å². The largest absolute Gasteiger partial charge is 0.458 e. The van der Waals surface area contributed by atoms with Crippen LogP contribution in [0.2, 0.25) is 0 Å². The number of imide groups is 1. The number of cyclic esters (lactones) is 1. The van der Waals surface area contributed by atoms with Crippen LogP contribution in [0.25, 0.3) is 0 Å². The summed E-state index contributed by atoms with van der Waals surface area (Å²) in [6.07, 6.45) is 1.17. The Labute approximate surface area is 227 Å². The van der Waals surface area contributed by atoms with E-state index in [4.69, 9.17) is 28.4 Å². The Balaban J connectivity index is 2.35. The quantitative estimate of drug-likeness (QED) is 0.255. The van der Waals surface area contributed by atoms with Gasteiger partial charge in [-0.15, -0.1) is 0 Å². The van der Waals surface area contributed by atoms with Gasteiger partial charge >= 0.3 is 18.2 Å². The molecule has 1 heterocycles. The Morgan fingerprint density at radius 1 is 0.974 bits per heavy atom. The van der Waals surface area contributed by atoms with Crippen molar-refractivity contribution in [2.45, 2.75) is 129 Å². The Morgan fingerprint density at radius 2 is 1.53 bits per heavy atom. The molecule has 1 aliphatic carbocycles. The van der Waals surface area contributed by atoms with Crippen LogP contribution in [0.4, 0.5) is 9.59 Å². The molecule has 0 radical (unpaired) electrons. The van der Waals surface area contributed by atoms with Gasteiger partial charge in [0.1, 0.15) is 29.5 Å². The van der Waals surface area contributed by atoms with E-state index in [0.717, 1.165) is 31.3 Å². The van der Waals surface area contributed by atoms with E-state index in [0.29, 0.717) is 4.90 Å². The van der Waals surface area contributed by atoms with E-state index in [2.05, 4.69) is 6.58 Å². The highest BCUT2D eigenvalue weighted by molar-refractivity contribution is 5.94. The molecule has 2 aliphatic rings. The highest BCUT2D eigenvalue weighted by atomic mass is 16.6. The molecule has 38 heavy (non-hydrogen) atoms. The number of amides is 2. The molecular weight excluding hydrogens is 494 g/mol. The lowest BCUT2D eigenvalue weighted by molar-refractivity contribution is -0.179. The van der Waals surface area contributed by atoms with Crippen molar-refractivity contribution in [1.82, 2.24) is 4.90 Å². The fourth-order valence-corrected chi connectivity index (χ4v) is 4.23. The molecule has 4 atom stereocenters. The second kappa shape index (κ2) is 13.8. The molecule has 1 saturated carbocycles. The summed E-state index contributed by atoms with van der Waals surface area (Å²) in [6.45, 7) is 17.5. The maximum absolute atomic E-state index is 13.5. The van der Waals surface area contributed by atoms with Gasteiger partial charge < -0.3 is 28.4 Å². The number of esters is 1. The normalized spacial score (nSPS) is 25.8. The third-order valence-corrected chi connectivity index (χ3v) is 5.90. The van der Waals surface area contributed by atoms with E-state index in [9.17, 15) is 14.4 Å².